The average molecular weight is 493 g/mol. The van der Waals surface area contributed by atoms with Crippen LogP contribution in [0.25, 0.3) is 33.6 Å². The summed E-state index contributed by atoms with van der Waals surface area (Å²) in [4.78, 5) is 26.0. The molecular weight excluding hydrogens is 479 g/mol. The van der Waals surface area contributed by atoms with Gasteiger partial charge < -0.3 is 4.42 Å². The number of fused-ring (bicyclic) bond motifs is 1. The van der Waals surface area contributed by atoms with Crippen LogP contribution in [0.1, 0.15) is 0 Å². The molecule has 3 aromatic carbocycles. The van der Waals surface area contributed by atoms with Crippen LogP contribution in [0.4, 0.5) is 10.7 Å². The molecule has 0 aliphatic rings. The van der Waals surface area contributed by atoms with Crippen molar-refractivity contribution in [1.82, 2.24) is 15.0 Å². The van der Waals surface area contributed by atoms with Crippen LogP contribution in [0, 0.1) is 0 Å². The van der Waals surface area contributed by atoms with Crippen LogP contribution in [0.15, 0.2) is 88.5 Å². The quantitative estimate of drug-likeness (QED) is 0.260. The topological polar surface area (TPSA) is 80.9 Å². The van der Waals surface area contributed by atoms with E-state index >= 15 is 0 Å². The summed E-state index contributed by atoms with van der Waals surface area (Å²) in [6, 6.07) is 23.7. The normalized spacial score (nSPS) is 11.0. The number of nitrogens with one attached hydrogen (secondary N) is 1. The van der Waals surface area contributed by atoms with Gasteiger partial charge >= 0.3 is 0 Å². The zero-order chi connectivity index (χ0) is 22.8. The molecule has 0 saturated heterocycles. The molecule has 5 rings (SSSR count). The number of thioether (sulfide) groups is 1. The van der Waals surface area contributed by atoms with E-state index in [0.717, 1.165) is 22.9 Å². The lowest BCUT2D eigenvalue weighted by atomic mass is 10.1. The second-order valence-electron chi connectivity index (χ2n) is 6.94. The van der Waals surface area contributed by atoms with Gasteiger partial charge in [0.25, 0.3) is 10.5 Å². The number of amides is 1. The maximum absolute atomic E-state index is 12.7. The van der Waals surface area contributed by atoms with Crippen molar-refractivity contribution in [3.63, 3.8) is 0 Å². The lowest BCUT2D eigenvalue weighted by Gasteiger charge is -2.09. The van der Waals surface area contributed by atoms with E-state index in [-0.39, 0.29) is 11.2 Å². The molecule has 0 unspecified atom stereocenters. The van der Waals surface area contributed by atoms with Crippen LogP contribution >= 0.6 is 35.0 Å². The lowest BCUT2D eigenvalue weighted by Crippen LogP contribution is -2.09. The Kier molecular flexibility index (Phi) is 6.00. The van der Waals surface area contributed by atoms with Gasteiger partial charge in [0.15, 0.2) is 5.58 Å². The lowest BCUT2D eigenvalue weighted by molar-refractivity contribution is 0.269. The number of anilines is 1. The molecular formula is C24H14Cl2N4O2S. The van der Waals surface area contributed by atoms with Gasteiger partial charge in [0.1, 0.15) is 5.52 Å². The Morgan fingerprint density at radius 3 is 1.94 bits per heavy atom. The third kappa shape index (κ3) is 5.01. The van der Waals surface area contributed by atoms with E-state index in [4.69, 9.17) is 27.6 Å². The minimum absolute atomic E-state index is 0.154. The smallest absolute Gasteiger partial charge is 0.295 e. The summed E-state index contributed by atoms with van der Waals surface area (Å²) in [5.74, 6) is 0.154. The van der Waals surface area contributed by atoms with Crippen molar-refractivity contribution in [2.24, 2.45) is 0 Å². The fraction of sp³-hybridized carbons (Fsp3) is 0. The number of carbonyl (C=O) groups is 1. The number of rotatable bonds is 4. The highest BCUT2D eigenvalue weighted by Gasteiger charge is 2.15. The Morgan fingerprint density at radius 2 is 1.36 bits per heavy atom. The number of aromatic nitrogens is 3. The van der Waals surface area contributed by atoms with Crippen molar-refractivity contribution in [2.75, 3.05) is 5.32 Å². The number of hydrogen-bond acceptors (Lipinski definition) is 6. The first-order valence-corrected chi connectivity index (χ1v) is 11.4. The van der Waals surface area contributed by atoms with E-state index in [1.807, 2.05) is 48.5 Å². The first-order valence-electron chi connectivity index (χ1n) is 9.79. The minimum Gasteiger partial charge on any atom is -0.431 e. The first-order chi connectivity index (χ1) is 16.0. The molecule has 2 aromatic heterocycles. The highest BCUT2D eigenvalue weighted by molar-refractivity contribution is 8.13. The van der Waals surface area contributed by atoms with E-state index in [1.165, 1.54) is 0 Å². The molecule has 33 heavy (non-hydrogen) atoms. The Labute approximate surface area is 203 Å². The first kappa shape index (κ1) is 21.5. The molecule has 0 atom stereocenters. The molecule has 0 radical (unpaired) electrons. The molecule has 2 heterocycles. The van der Waals surface area contributed by atoms with Gasteiger partial charge in [-0.2, -0.15) is 0 Å². The molecule has 5 aromatic rings. The molecule has 0 fully saturated rings. The third-order valence-electron chi connectivity index (χ3n) is 4.67. The monoisotopic (exact) mass is 492 g/mol. The van der Waals surface area contributed by atoms with Crippen molar-refractivity contribution >= 4 is 57.3 Å². The van der Waals surface area contributed by atoms with Gasteiger partial charge in [-0.15, -0.1) is 0 Å². The molecule has 0 aliphatic carbocycles. The third-order valence-corrected chi connectivity index (χ3v) is 5.81. The Balaban J connectivity index is 1.46. The van der Waals surface area contributed by atoms with Crippen molar-refractivity contribution in [2.45, 2.75) is 5.22 Å². The SMILES string of the molecule is O=C(Nc1nc(-c2ccc(Cl)cc2)cc(-c2ccc(Cl)cc2)n1)Sc1nc2ccccc2o1. The summed E-state index contributed by atoms with van der Waals surface area (Å²) in [7, 11) is 0. The van der Waals surface area contributed by atoms with E-state index in [0.29, 0.717) is 32.5 Å². The highest BCUT2D eigenvalue weighted by Crippen LogP contribution is 2.29. The Morgan fingerprint density at radius 1 is 0.788 bits per heavy atom. The van der Waals surface area contributed by atoms with Gasteiger partial charge in [0.2, 0.25) is 5.95 Å². The second-order valence-corrected chi connectivity index (χ2v) is 8.73. The summed E-state index contributed by atoms with van der Waals surface area (Å²) >= 11 is 12.9. The van der Waals surface area contributed by atoms with Crippen LogP contribution in [0.5, 0.6) is 0 Å². The van der Waals surface area contributed by atoms with Crippen molar-refractivity contribution in [3.8, 4) is 22.5 Å². The molecule has 0 spiro atoms. The van der Waals surface area contributed by atoms with Gasteiger partial charge in [-0.3, -0.25) is 10.1 Å². The zero-order valence-electron chi connectivity index (χ0n) is 16.8. The maximum Gasteiger partial charge on any atom is 0.295 e. The van der Waals surface area contributed by atoms with Gasteiger partial charge in [0.05, 0.1) is 11.4 Å². The highest BCUT2D eigenvalue weighted by atomic mass is 35.5. The predicted molar refractivity (Wildman–Crippen MR) is 132 cm³/mol. The molecule has 9 heteroatoms. The standard InChI is InChI=1S/C24H14Cl2N4O2S/c25-16-9-5-14(6-10-16)19-13-20(15-7-11-17(26)12-8-15)28-22(27-19)30-23(31)33-24-29-18-3-1-2-4-21(18)32-24/h1-13H,(H,27,28,30,31). The van der Waals surface area contributed by atoms with E-state index in [1.54, 1.807) is 30.3 Å². The number of oxazole rings is 1. The molecule has 0 bridgehead atoms. The molecule has 1 amide bonds. The number of carbonyl (C=O) groups excluding carboxylic acids is 1. The molecule has 0 aliphatic heterocycles. The van der Waals surface area contributed by atoms with Crippen molar-refractivity contribution < 1.29 is 9.21 Å². The summed E-state index contributed by atoms with van der Waals surface area (Å²) in [6.07, 6.45) is 0. The number of hydrogen-bond donors (Lipinski definition) is 1. The molecule has 6 nitrogen and oxygen atoms in total. The van der Waals surface area contributed by atoms with Crippen LogP contribution in [0.2, 0.25) is 10.0 Å². The minimum atomic E-state index is -0.420. The zero-order valence-corrected chi connectivity index (χ0v) is 19.2. The molecule has 162 valence electrons. The van der Waals surface area contributed by atoms with E-state index in [2.05, 4.69) is 20.3 Å². The fourth-order valence-electron chi connectivity index (χ4n) is 3.13. The van der Waals surface area contributed by atoms with Gasteiger partial charge in [-0.25, -0.2) is 15.0 Å². The number of para-hydroxylation sites is 2. The summed E-state index contributed by atoms with van der Waals surface area (Å²) in [5, 5.41) is 3.78. The van der Waals surface area contributed by atoms with Crippen LogP contribution in [0.3, 0.4) is 0 Å². The van der Waals surface area contributed by atoms with Crippen LogP contribution in [-0.2, 0) is 0 Å². The fourth-order valence-corrected chi connectivity index (χ4v) is 3.96. The number of nitrogens with zero attached hydrogens (tertiary/aromatic N) is 3. The van der Waals surface area contributed by atoms with Gasteiger partial charge in [-0.05, 0) is 42.5 Å². The summed E-state index contributed by atoms with van der Waals surface area (Å²) in [6.45, 7) is 0. The largest absolute Gasteiger partial charge is 0.431 e. The Hall–Kier alpha value is -3.39. The van der Waals surface area contributed by atoms with Gasteiger partial charge in [0, 0.05) is 32.9 Å². The van der Waals surface area contributed by atoms with Crippen LogP contribution in [-0.4, -0.2) is 20.2 Å². The number of halogens is 2. The van der Waals surface area contributed by atoms with E-state index < -0.39 is 5.24 Å². The van der Waals surface area contributed by atoms with Crippen molar-refractivity contribution in [3.05, 3.63) is 88.9 Å². The number of benzene rings is 3. The average Bonchev–Trinajstić information content (AvgIpc) is 3.22. The molecule has 1 N–H and O–H groups in total. The van der Waals surface area contributed by atoms with E-state index in [9.17, 15) is 4.79 Å². The summed E-state index contributed by atoms with van der Waals surface area (Å²) < 4.78 is 5.61. The summed E-state index contributed by atoms with van der Waals surface area (Å²) in [5.41, 5.74) is 4.22. The predicted octanol–water partition coefficient (Wildman–Crippen LogP) is 7.58. The second kappa shape index (κ2) is 9.23. The maximum atomic E-state index is 12.7. The van der Waals surface area contributed by atoms with Crippen LogP contribution < -0.4 is 5.32 Å². The van der Waals surface area contributed by atoms with Gasteiger partial charge in [-0.1, -0.05) is 59.6 Å². The Bertz CT molecular complexity index is 1360. The van der Waals surface area contributed by atoms with Crippen molar-refractivity contribution in [1.29, 1.82) is 0 Å². The molecule has 0 saturated carbocycles.